The van der Waals surface area contributed by atoms with Crippen LogP contribution in [-0.4, -0.2) is 31.2 Å². The van der Waals surface area contributed by atoms with Gasteiger partial charge < -0.3 is 10.1 Å². The normalized spacial score (nSPS) is 17.4. The zero-order valence-electron chi connectivity index (χ0n) is 16.2. The predicted octanol–water partition coefficient (Wildman–Crippen LogP) is 4.72. The second-order valence-electron chi connectivity index (χ2n) is 6.96. The van der Waals surface area contributed by atoms with E-state index >= 15 is 0 Å². The van der Waals surface area contributed by atoms with E-state index in [4.69, 9.17) is 4.74 Å². The number of sulfonamides is 1. The lowest BCUT2D eigenvalue weighted by atomic mass is 10.0. The highest BCUT2D eigenvalue weighted by molar-refractivity contribution is 7.91. The Morgan fingerprint density at radius 3 is 2.53 bits per heavy atom. The fourth-order valence-corrected chi connectivity index (χ4v) is 6.25. The van der Waals surface area contributed by atoms with Gasteiger partial charge in [-0.05, 0) is 48.6 Å². The molecule has 1 aromatic heterocycles. The van der Waals surface area contributed by atoms with Crippen LogP contribution < -0.4 is 10.1 Å². The van der Waals surface area contributed by atoms with Gasteiger partial charge >= 0.3 is 0 Å². The molecule has 2 aromatic carbocycles. The fraction of sp³-hybridized carbons (Fsp3) is 0.227. The summed E-state index contributed by atoms with van der Waals surface area (Å²) in [6.45, 7) is 0.334. The summed E-state index contributed by atoms with van der Waals surface area (Å²) in [5.41, 5.74) is 0.505. The zero-order valence-corrected chi connectivity index (χ0v) is 17.9. The summed E-state index contributed by atoms with van der Waals surface area (Å²) in [4.78, 5) is 13.1. The Hall–Kier alpha value is -2.68. The van der Waals surface area contributed by atoms with Gasteiger partial charge in [-0.1, -0.05) is 42.8 Å². The summed E-state index contributed by atoms with van der Waals surface area (Å²) >= 11 is 1.16. The van der Waals surface area contributed by atoms with E-state index in [1.165, 1.54) is 4.31 Å². The van der Waals surface area contributed by atoms with Crippen molar-refractivity contribution in [2.75, 3.05) is 11.9 Å². The van der Waals surface area contributed by atoms with Gasteiger partial charge in [0.1, 0.15) is 16.0 Å². The van der Waals surface area contributed by atoms with Crippen LogP contribution in [0, 0.1) is 0 Å². The van der Waals surface area contributed by atoms with E-state index in [-0.39, 0.29) is 10.1 Å². The molecule has 1 saturated heterocycles. The first-order valence-electron chi connectivity index (χ1n) is 9.74. The van der Waals surface area contributed by atoms with Crippen molar-refractivity contribution in [3.63, 3.8) is 0 Å². The Balaban J connectivity index is 1.56. The van der Waals surface area contributed by atoms with Gasteiger partial charge in [0.2, 0.25) is 5.91 Å². The van der Waals surface area contributed by atoms with Crippen LogP contribution in [0.3, 0.4) is 0 Å². The number of nitrogens with one attached hydrogen (secondary N) is 1. The highest BCUT2D eigenvalue weighted by Gasteiger charge is 2.38. The maximum Gasteiger partial charge on any atom is 0.253 e. The number of thiophene rings is 1. The summed E-state index contributed by atoms with van der Waals surface area (Å²) in [7, 11) is -3.70. The third kappa shape index (κ3) is 4.40. The number of rotatable bonds is 6. The molecule has 1 aliphatic rings. The third-order valence-electron chi connectivity index (χ3n) is 4.93. The number of anilines is 1. The number of para-hydroxylation sites is 3. The van der Waals surface area contributed by atoms with Crippen LogP contribution in [0.4, 0.5) is 5.69 Å². The topological polar surface area (TPSA) is 75.7 Å². The monoisotopic (exact) mass is 442 g/mol. The summed E-state index contributed by atoms with van der Waals surface area (Å²) in [6.07, 6.45) is 2.02. The summed E-state index contributed by atoms with van der Waals surface area (Å²) in [5.74, 6) is 0.804. The molecule has 30 heavy (non-hydrogen) atoms. The van der Waals surface area contributed by atoms with E-state index in [2.05, 4.69) is 5.32 Å². The Labute approximate surface area is 180 Å². The van der Waals surface area contributed by atoms with Crippen LogP contribution in [0.25, 0.3) is 0 Å². The van der Waals surface area contributed by atoms with Crippen molar-refractivity contribution in [3.8, 4) is 11.5 Å². The molecule has 1 unspecified atom stereocenters. The van der Waals surface area contributed by atoms with Crippen LogP contribution in [-0.2, 0) is 14.8 Å². The quantitative estimate of drug-likeness (QED) is 0.599. The molecule has 8 heteroatoms. The molecule has 3 aromatic rings. The molecule has 1 amide bonds. The number of hydrogen-bond acceptors (Lipinski definition) is 5. The Morgan fingerprint density at radius 1 is 1.00 bits per heavy atom. The standard InChI is InChI=1S/C22H22N2O4S2/c25-22(19-12-6-7-15-24(19)30(26,27)21-14-8-16-29-21)23-18-11-4-5-13-20(18)28-17-9-2-1-3-10-17/h1-5,8-11,13-14,16,19H,6-7,12,15H2,(H,23,25). The SMILES string of the molecule is O=C(Nc1ccccc1Oc1ccccc1)C1CCCCN1S(=O)(=O)c1cccs1. The Morgan fingerprint density at radius 2 is 1.77 bits per heavy atom. The number of ether oxygens (including phenoxy) is 1. The van der Waals surface area contributed by atoms with E-state index in [0.717, 1.165) is 24.2 Å². The first-order chi connectivity index (χ1) is 14.6. The van der Waals surface area contributed by atoms with Gasteiger partial charge in [-0.15, -0.1) is 11.3 Å². The van der Waals surface area contributed by atoms with E-state index < -0.39 is 16.1 Å². The van der Waals surface area contributed by atoms with Gasteiger partial charge in [0.15, 0.2) is 5.75 Å². The first kappa shape index (κ1) is 20.6. The molecule has 156 valence electrons. The lowest BCUT2D eigenvalue weighted by molar-refractivity contribution is -0.120. The highest BCUT2D eigenvalue weighted by atomic mass is 32.2. The minimum Gasteiger partial charge on any atom is -0.455 e. The molecular formula is C22H22N2O4S2. The predicted molar refractivity (Wildman–Crippen MR) is 117 cm³/mol. The highest BCUT2D eigenvalue weighted by Crippen LogP contribution is 2.32. The first-order valence-corrected chi connectivity index (χ1v) is 12.1. The van der Waals surface area contributed by atoms with Crippen LogP contribution >= 0.6 is 11.3 Å². The van der Waals surface area contributed by atoms with E-state index in [1.807, 2.05) is 36.4 Å². The Kier molecular flexibility index (Phi) is 6.17. The molecule has 0 saturated carbocycles. The van der Waals surface area contributed by atoms with E-state index in [9.17, 15) is 13.2 Å². The van der Waals surface area contributed by atoms with Gasteiger partial charge in [-0.3, -0.25) is 4.79 Å². The number of amides is 1. The molecular weight excluding hydrogens is 420 g/mol. The molecule has 0 aliphatic carbocycles. The fourth-order valence-electron chi connectivity index (χ4n) is 3.47. The van der Waals surface area contributed by atoms with Crippen molar-refractivity contribution in [2.24, 2.45) is 0 Å². The Bertz CT molecular complexity index is 1100. The number of carbonyl (C=O) groups is 1. The maximum absolute atomic E-state index is 13.1. The largest absolute Gasteiger partial charge is 0.455 e. The second-order valence-corrected chi connectivity index (χ2v) is 10.0. The van der Waals surface area contributed by atoms with Crippen molar-refractivity contribution in [3.05, 3.63) is 72.1 Å². The van der Waals surface area contributed by atoms with Crippen LogP contribution in [0.2, 0.25) is 0 Å². The molecule has 1 atom stereocenters. The molecule has 2 heterocycles. The lowest BCUT2D eigenvalue weighted by Crippen LogP contribution is -2.49. The van der Waals surface area contributed by atoms with Gasteiger partial charge in [-0.2, -0.15) is 4.31 Å². The van der Waals surface area contributed by atoms with Crippen molar-refractivity contribution in [1.82, 2.24) is 4.31 Å². The van der Waals surface area contributed by atoms with E-state index in [0.29, 0.717) is 30.2 Å². The summed E-state index contributed by atoms with van der Waals surface area (Å²) in [6, 6.07) is 18.9. The molecule has 0 bridgehead atoms. The van der Waals surface area contributed by atoms with Crippen LogP contribution in [0.15, 0.2) is 76.3 Å². The molecule has 1 N–H and O–H groups in total. The molecule has 1 fully saturated rings. The number of carbonyl (C=O) groups excluding carboxylic acids is 1. The summed E-state index contributed by atoms with van der Waals surface area (Å²) < 4.78 is 33.6. The molecule has 4 rings (SSSR count). The number of benzene rings is 2. The van der Waals surface area contributed by atoms with Crippen LogP contribution in [0.5, 0.6) is 11.5 Å². The number of hydrogen-bond donors (Lipinski definition) is 1. The average molecular weight is 443 g/mol. The van der Waals surface area contributed by atoms with Gasteiger partial charge in [0, 0.05) is 6.54 Å². The molecule has 6 nitrogen and oxygen atoms in total. The van der Waals surface area contributed by atoms with Crippen molar-refractivity contribution in [1.29, 1.82) is 0 Å². The third-order valence-corrected chi connectivity index (χ3v) is 8.21. The smallest absolute Gasteiger partial charge is 0.253 e. The maximum atomic E-state index is 13.1. The van der Waals surface area contributed by atoms with E-state index in [1.54, 1.807) is 35.7 Å². The van der Waals surface area contributed by atoms with Crippen molar-refractivity contribution < 1.29 is 17.9 Å². The molecule has 0 spiro atoms. The van der Waals surface area contributed by atoms with Gasteiger partial charge in [0.05, 0.1) is 5.69 Å². The van der Waals surface area contributed by atoms with Crippen molar-refractivity contribution in [2.45, 2.75) is 29.5 Å². The van der Waals surface area contributed by atoms with Crippen LogP contribution in [0.1, 0.15) is 19.3 Å². The van der Waals surface area contributed by atoms with Gasteiger partial charge in [-0.25, -0.2) is 8.42 Å². The second kappa shape index (κ2) is 8.99. The zero-order chi connectivity index (χ0) is 21.0. The minimum absolute atomic E-state index is 0.259. The average Bonchev–Trinajstić information content (AvgIpc) is 3.32. The number of nitrogens with zero attached hydrogens (tertiary/aromatic N) is 1. The minimum atomic E-state index is -3.70. The lowest BCUT2D eigenvalue weighted by Gasteiger charge is -2.33. The van der Waals surface area contributed by atoms with Crippen molar-refractivity contribution >= 4 is 33.0 Å². The summed E-state index contributed by atoms with van der Waals surface area (Å²) in [5, 5.41) is 4.61. The molecule has 0 radical (unpaired) electrons. The number of piperidine rings is 1. The van der Waals surface area contributed by atoms with Gasteiger partial charge in [0.25, 0.3) is 10.0 Å². The molecule has 1 aliphatic heterocycles.